The summed E-state index contributed by atoms with van der Waals surface area (Å²) in [6.45, 7) is 5.52. The number of ether oxygens (including phenoxy) is 2. The van der Waals surface area contributed by atoms with Crippen LogP contribution in [0.2, 0.25) is 0 Å². The quantitative estimate of drug-likeness (QED) is 0.510. The largest absolute Gasteiger partial charge is 0.474 e. The van der Waals surface area contributed by atoms with Crippen LogP contribution in [0.15, 0.2) is 18.3 Å². The zero-order valence-electron chi connectivity index (χ0n) is 19.6. The summed E-state index contributed by atoms with van der Waals surface area (Å²) in [6.07, 6.45) is 4.18. The van der Waals surface area contributed by atoms with Gasteiger partial charge < -0.3 is 25.8 Å². The Morgan fingerprint density at radius 1 is 1.26 bits per heavy atom. The molecular weight excluding hydrogens is 442 g/mol. The van der Waals surface area contributed by atoms with E-state index >= 15 is 0 Å². The Bertz CT molecular complexity index is 992. The topological polar surface area (TPSA) is 153 Å². The molecule has 1 unspecified atom stereocenters. The van der Waals surface area contributed by atoms with Crippen LogP contribution < -0.4 is 21.1 Å². The fourth-order valence-electron chi connectivity index (χ4n) is 5.00. The minimum absolute atomic E-state index is 0.0356. The van der Waals surface area contributed by atoms with E-state index in [2.05, 4.69) is 15.6 Å². The molecule has 3 aliphatic rings. The lowest BCUT2D eigenvalue weighted by Crippen LogP contribution is -2.60. The molecule has 34 heavy (non-hydrogen) atoms. The lowest BCUT2D eigenvalue weighted by atomic mass is 9.52. The van der Waals surface area contributed by atoms with Crippen LogP contribution in [0.25, 0.3) is 0 Å². The summed E-state index contributed by atoms with van der Waals surface area (Å²) in [5.74, 6) is -0.611. The maximum Gasteiger partial charge on any atom is 0.407 e. The van der Waals surface area contributed by atoms with Gasteiger partial charge in [0.15, 0.2) is 0 Å². The number of nitrogens with zero attached hydrogens (tertiary/aromatic N) is 2. The number of pyridine rings is 1. The van der Waals surface area contributed by atoms with Gasteiger partial charge in [-0.05, 0) is 70.4 Å². The molecule has 4 rings (SSSR count). The normalized spacial score (nSPS) is 28.1. The first-order valence-electron chi connectivity index (χ1n) is 11.5. The molecule has 1 atom stereocenters. The third-order valence-corrected chi connectivity index (χ3v) is 6.49. The molecule has 0 bridgehead atoms. The van der Waals surface area contributed by atoms with Gasteiger partial charge in [-0.2, -0.15) is 0 Å². The molecule has 0 radical (unpaired) electrons. The molecule has 4 N–H and O–H groups in total. The predicted molar refractivity (Wildman–Crippen MR) is 120 cm³/mol. The highest BCUT2D eigenvalue weighted by atomic mass is 16.6. The molecule has 11 heteroatoms. The van der Waals surface area contributed by atoms with Crippen molar-refractivity contribution in [3.63, 3.8) is 0 Å². The van der Waals surface area contributed by atoms with Crippen molar-refractivity contribution in [2.75, 3.05) is 6.54 Å². The van der Waals surface area contributed by atoms with Crippen molar-refractivity contribution >= 4 is 23.9 Å². The van der Waals surface area contributed by atoms with Crippen LogP contribution in [-0.4, -0.2) is 64.2 Å². The van der Waals surface area contributed by atoms with Crippen molar-refractivity contribution in [2.45, 2.75) is 76.7 Å². The second kappa shape index (κ2) is 8.77. The van der Waals surface area contributed by atoms with Gasteiger partial charge in [0.2, 0.25) is 5.88 Å². The Hall–Kier alpha value is -3.37. The smallest absolute Gasteiger partial charge is 0.407 e. The molecule has 2 heterocycles. The number of carbonyl (C=O) groups is 4. The van der Waals surface area contributed by atoms with E-state index < -0.39 is 23.6 Å². The van der Waals surface area contributed by atoms with Crippen LogP contribution in [0.3, 0.4) is 0 Å². The van der Waals surface area contributed by atoms with Gasteiger partial charge in [-0.3, -0.25) is 14.5 Å². The summed E-state index contributed by atoms with van der Waals surface area (Å²) >= 11 is 0. The number of amides is 5. The Kier molecular flexibility index (Phi) is 6.13. The van der Waals surface area contributed by atoms with E-state index in [-0.39, 0.29) is 47.5 Å². The standard InChI is InChI=1S/C23H31N5O6/c1-22(2,3)34-21(32)26-8-6-16-19(30)28(20(31)27-16)13-9-23(10-13)11-14(12-23)33-18-15(17(24)29)5-4-7-25-18/h4-5,7,13-14,16H,6,8-12H2,1-3H3,(H2,24,29)(H,26,32)(H,27,31)/t13-,14-,16?,23?. The Morgan fingerprint density at radius 2 is 1.97 bits per heavy atom. The highest BCUT2D eigenvalue weighted by Gasteiger charge is 2.58. The number of alkyl carbamates (subject to hydrolysis) is 1. The number of aromatic nitrogens is 1. The Labute approximate surface area is 197 Å². The van der Waals surface area contributed by atoms with Crippen LogP contribution in [-0.2, 0) is 9.53 Å². The van der Waals surface area contributed by atoms with E-state index in [0.717, 1.165) is 25.7 Å². The molecular formula is C23H31N5O6. The second-order valence-corrected chi connectivity index (χ2v) is 10.4. The molecule has 3 fully saturated rings. The molecule has 0 aromatic carbocycles. The Morgan fingerprint density at radius 3 is 2.62 bits per heavy atom. The van der Waals surface area contributed by atoms with Gasteiger partial charge >= 0.3 is 12.1 Å². The summed E-state index contributed by atoms with van der Waals surface area (Å²) in [7, 11) is 0. The maximum atomic E-state index is 12.8. The SMILES string of the molecule is CC(C)(C)OC(=O)NCCC1NC(=O)N([C@H]2CC3(C[C@H](Oc4ncccc4C(N)=O)C3)C2)C1=O. The monoisotopic (exact) mass is 473 g/mol. The minimum Gasteiger partial charge on any atom is -0.474 e. The Balaban J connectivity index is 1.22. The fourth-order valence-corrected chi connectivity index (χ4v) is 5.00. The van der Waals surface area contributed by atoms with Gasteiger partial charge in [0, 0.05) is 18.8 Å². The van der Waals surface area contributed by atoms with Crippen molar-refractivity contribution in [1.29, 1.82) is 0 Å². The number of nitrogens with one attached hydrogen (secondary N) is 2. The summed E-state index contributed by atoms with van der Waals surface area (Å²) in [6, 6.07) is 2.01. The van der Waals surface area contributed by atoms with Crippen LogP contribution in [0.1, 0.15) is 63.2 Å². The highest BCUT2D eigenvalue weighted by Crippen LogP contribution is 2.58. The van der Waals surface area contributed by atoms with E-state index in [1.54, 1.807) is 39.1 Å². The summed E-state index contributed by atoms with van der Waals surface area (Å²) < 4.78 is 11.0. The maximum absolute atomic E-state index is 12.8. The number of nitrogens with two attached hydrogens (primary N) is 1. The van der Waals surface area contributed by atoms with Crippen molar-refractivity contribution in [2.24, 2.45) is 11.1 Å². The van der Waals surface area contributed by atoms with Crippen LogP contribution in [0, 0.1) is 5.41 Å². The van der Waals surface area contributed by atoms with E-state index in [1.807, 2.05) is 0 Å². The first-order valence-corrected chi connectivity index (χ1v) is 11.5. The molecule has 2 aliphatic carbocycles. The second-order valence-electron chi connectivity index (χ2n) is 10.4. The van der Waals surface area contributed by atoms with E-state index in [0.29, 0.717) is 6.42 Å². The summed E-state index contributed by atoms with van der Waals surface area (Å²) in [5.41, 5.74) is 5.06. The van der Waals surface area contributed by atoms with Crippen molar-refractivity contribution < 1.29 is 28.7 Å². The fraction of sp³-hybridized carbons (Fsp3) is 0.609. The zero-order chi connectivity index (χ0) is 24.7. The first-order chi connectivity index (χ1) is 16.0. The first kappa shape index (κ1) is 23.8. The van der Waals surface area contributed by atoms with E-state index in [9.17, 15) is 19.2 Å². The van der Waals surface area contributed by atoms with Crippen LogP contribution in [0.4, 0.5) is 9.59 Å². The van der Waals surface area contributed by atoms with E-state index in [4.69, 9.17) is 15.2 Å². The van der Waals surface area contributed by atoms with Gasteiger partial charge in [0.25, 0.3) is 11.8 Å². The molecule has 1 aromatic rings. The molecule has 11 nitrogen and oxygen atoms in total. The highest BCUT2D eigenvalue weighted by molar-refractivity contribution is 6.04. The lowest BCUT2D eigenvalue weighted by Gasteiger charge is -2.58. The number of hydrogen-bond acceptors (Lipinski definition) is 7. The van der Waals surface area contributed by atoms with Gasteiger partial charge in [0.1, 0.15) is 23.3 Å². The molecule has 184 valence electrons. The average Bonchev–Trinajstić information content (AvgIpc) is 2.95. The third-order valence-electron chi connectivity index (χ3n) is 6.49. The molecule has 1 aromatic heterocycles. The molecule has 5 amide bonds. The minimum atomic E-state index is -0.659. The average molecular weight is 474 g/mol. The van der Waals surface area contributed by atoms with Gasteiger partial charge in [0.05, 0.1) is 0 Å². The van der Waals surface area contributed by atoms with Crippen LogP contribution in [0.5, 0.6) is 5.88 Å². The number of imide groups is 1. The number of carbonyl (C=O) groups excluding carboxylic acids is 4. The number of primary amides is 1. The number of hydrogen-bond donors (Lipinski definition) is 3. The van der Waals surface area contributed by atoms with Gasteiger partial charge in [-0.15, -0.1) is 0 Å². The van der Waals surface area contributed by atoms with Gasteiger partial charge in [-0.25, -0.2) is 14.6 Å². The lowest BCUT2D eigenvalue weighted by molar-refractivity contribution is -0.140. The number of rotatable bonds is 7. The molecule has 1 saturated heterocycles. The summed E-state index contributed by atoms with van der Waals surface area (Å²) in [5, 5.41) is 5.32. The molecule has 1 spiro atoms. The van der Waals surface area contributed by atoms with Crippen molar-refractivity contribution in [1.82, 2.24) is 20.5 Å². The van der Waals surface area contributed by atoms with E-state index in [1.165, 1.54) is 4.90 Å². The summed E-state index contributed by atoms with van der Waals surface area (Å²) in [4.78, 5) is 54.0. The molecule has 2 saturated carbocycles. The zero-order valence-corrected chi connectivity index (χ0v) is 19.6. The predicted octanol–water partition coefficient (Wildman–Crippen LogP) is 1.71. The van der Waals surface area contributed by atoms with Crippen LogP contribution >= 0.6 is 0 Å². The van der Waals surface area contributed by atoms with Gasteiger partial charge in [-0.1, -0.05) is 0 Å². The molecule has 1 aliphatic heterocycles. The van der Waals surface area contributed by atoms with Crippen molar-refractivity contribution in [3.8, 4) is 5.88 Å². The third kappa shape index (κ3) is 4.92. The number of urea groups is 1. The van der Waals surface area contributed by atoms with Crippen molar-refractivity contribution in [3.05, 3.63) is 23.9 Å².